The van der Waals surface area contributed by atoms with Crippen LogP contribution in [0.15, 0.2) is 182 Å². The number of phosphoric acid groups is 1. The third kappa shape index (κ3) is 15.7. The van der Waals surface area contributed by atoms with Gasteiger partial charge in [-0.05, 0) is 72.8 Å². The summed E-state index contributed by atoms with van der Waals surface area (Å²) in [6.45, 7) is 0. The molecule has 0 atom stereocenters. The lowest BCUT2D eigenvalue weighted by Crippen LogP contribution is -1.87. The number of anilines is 6. The average molecular weight is 606 g/mol. The molecule has 0 saturated heterocycles. The quantitative estimate of drug-likeness (QED) is 0.105. The summed E-state index contributed by atoms with van der Waals surface area (Å²) in [4.78, 5) is 21.6. The van der Waals surface area contributed by atoms with Gasteiger partial charge in [0.25, 0.3) is 0 Å². The Hall–Kier alpha value is -5.17. The number of benzene rings is 6. The van der Waals surface area contributed by atoms with E-state index in [4.69, 9.17) is 19.2 Å². The molecule has 6 aromatic rings. The van der Waals surface area contributed by atoms with Crippen LogP contribution in [0.3, 0.4) is 0 Å². The van der Waals surface area contributed by atoms with E-state index in [1.54, 1.807) is 0 Å². The minimum absolute atomic E-state index is 1.12. The van der Waals surface area contributed by atoms with Gasteiger partial charge in [0.15, 0.2) is 0 Å². The molecule has 0 unspecified atom stereocenters. The van der Waals surface area contributed by atoms with E-state index >= 15 is 0 Å². The normalized spacial score (nSPS) is 9.80. The molecule has 0 aliphatic heterocycles. The van der Waals surface area contributed by atoms with E-state index in [2.05, 4.69) is 16.0 Å². The second-order valence-electron chi connectivity index (χ2n) is 9.08. The van der Waals surface area contributed by atoms with E-state index < -0.39 is 7.82 Å². The van der Waals surface area contributed by atoms with Crippen LogP contribution >= 0.6 is 7.82 Å². The highest BCUT2D eigenvalue weighted by molar-refractivity contribution is 7.45. The molecule has 224 valence electrons. The third-order valence-corrected chi connectivity index (χ3v) is 5.51. The summed E-state index contributed by atoms with van der Waals surface area (Å²) in [5.74, 6) is 0. The zero-order valence-electron chi connectivity index (χ0n) is 24.0. The lowest BCUT2D eigenvalue weighted by Gasteiger charge is -2.04. The molecular weight excluding hydrogens is 569 g/mol. The lowest BCUT2D eigenvalue weighted by molar-refractivity contribution is 0.275. The Bertz CT molecular complexity index is 1300. The standard InChI is InChI=1S/3C12H11N.H3O4P/c3*1-3-7-11(8-4-1)13-12-9-5-2-6-10-12;1-5(2,3)4/h3*1-10,13H;(H3,1,2,3,4). The highest BCUT2D eigenvalue weighted by Crippen LogP contribution is 2.25. The Morgan fingerprint density at radius 2 is 0.409 bits per heavy atom. The predicted molar refractivity (Wildman–Crippen MR) is 183 cm³/mol. The average Bonchev–Trinajstić information content (AvgIpc) is 3.04. The zero-order valence-corrected chi connectivity index (χ0v) is 24.9. The summed E-state index contributed by atoms with van der Waals surface area (Å²) in [6.07, 6.45) is 0. The molecule has 0 fully saturated rings. The van der Waals surface area contributed by atoms with Crippen molar-refractivity contribution >= 4 is 41.9 Å². The third-order valence-electron chi connectivity index (χ3n) is 5.51. The Kier molecular flexibility index (Phi) is 14.5. The second-order valence-corrected chi connectivity index (χ2v) is 10.1. The maximum atomic E-state index is 8.88. The summed E-state index contributed by atoms with van der Waals surface area (Å²) in [7, 11) is -4.64. The highest BCUT2D eigenvalue weighted by atomic mass is 31.2. The first-order valence-electron chi connectivity index (χ1n) is 13.7. The van der Waals surface area contributed by atoms with Gasteiger partial charge in [0, 0.05) is 34.1 Å². The molecule has 0 aromatic heterocycles. The van der Waals surface area contributed by atoms with Crippen LogP contribution in [0, 0.1) is 0 Å². The van der Waals surface area contributed by atoms with Crippen molar-refractivity contribution in [3.05, 3.63) is 182 Å². The predicted octanol–water partition coefficient (Wildman–Crippen LogP) is 9.36. The van der Waals surface area contributed by atoms with Crippen LogP contribution in [0.1, 0.15) is 0 Å². The van der Waals surface area contributed by atoms with Crippen LogP contribution in [0.25, 0.3) is 0 Å². The van der Waals surface area contributed by atoms with Crippen molar-refractivity contribution in [1.82, 2.24) is 0 Å². The van der Waals surface area contributed by atoms with Crippen molar-refractivity contribution in [2.24, 2.45) is 0 Å². The summed E-state index contributed by atoms with van der Waals surface area (Å²) in [6, 6.07) is 60.9. The van der Waals surface area contributed by atoms with E-state index in [0.29, 0.717) is 0 Å². The minimum atomic E-state index is -4.64. The number of hydrogen-bond donors (Lipinski definition) is 6. The fourth-order valence-corrected chi connectivity index (χ4v) is 3.63. The smallest absolute Gasteiger partial charge is 0.356 e. The Balaban J connectivity index is 0.000000168. The van der Waals surface area contributed by atoms with Gasteiger partial charge in [-0.15, -0.1) is 0 Å². The van der Waals surface area contributed by atoms with Crippen molar-refractivity contribution in [1.29, 1.82) is 0 Å². The largest absolute Gasteiger partial charge is 0.466 e. The van der Waals surface area contributed by atoms with E-state index in [9.17, 15) is 0 Å². The van der Waals surface area contributed by atoms with Gasteiger partial charge in [-0.3, -0.25) is 0 Å². The number of rotatable bonds is 6. The van der Waals surface area contributed by atoms with E-state index in [-0.39, 0.29) is 0 Å². The van der Waals surface area contributed by atoms with Gasteiger partial charge in [-0.1, -0.05) is 109 Å². The molecule has 6 N–H and O–H groups in total. The van der Waals surface area contributed by atoms with Gasteiger partial charge in [0.1, 0.15) is 0 Å². The Labute approximate surface area is 258 Å². The molecule has 0 aliphatic rings. The molecule has 0 spiro atoms. The zero-order chi connectivity index (χ0) is 31.3. The fraction of sp³-hybridized carbons (Fsp3) is 0. The molecule has 0 amide bonds. The first-order chi connectivity index (χ1) is 21.3. The molecule has 0 saturated carbocycles. The first-order valence-corrected chi connectivity index (χ1v) is 15.3. The van der Waals surface area contributed by atoms with Gasteiger partial charge < -0.3 is 30.6 Å². The van der Waals surface area contributed by atoms with Gasteiger partial charge in [-0.2, -0.15) is 0 Å². The van der Waals surface area contributed by atoms with Gasteiger partial charge in [0.05, 0.1) is 0 Å². The van der Waals surface area contributed by atoms with E-state index in [1.807, 2.05) is 182 Å². The van der Waals surface area contributed by atoms with Crippen LogP contribution < -0.4 is 16.0 Å². The molecule has 0 radical (unpaired) electrons. The molecule has 8 heteroatoms. The molecule has 0 aliphatic carbocycles. The molecule has 6 aromatic carbocycles. The summed E-state index contributed by atoms with van der Waals surface area (Å²) < 4.78 is 8.88. The highest BCUT2D eigenvalue weighted by Gasteiger charge is 2.00. The number of hydrogen-bond acceptors (Lipinski definition) is 4. The SMILES string of the molecule is O=P(O)(O)O.c1ccc(Nc2ccccc2)cc1.c1ccc(Nc2ccccc2)cc1.c1ccc(Nc2ccccc2)cc1. The van der Waals surface area contributed by atoms with Gasteiger partial charge in [0.2, 0.25) is 0 Å². The summed E-state index contributed by atoms with van der Waals surface area (Å²) in [5, 5.41) is 9.91. The Morgan fingerprint density at radius 3 is 0.523 bits per heavy atom. The van der Waals surface area contributed by atoms with Crippen molar-refractivity contribution < 1.29 is 19.2 Å². The van der Waals surface area contributed by atoms with Crippen LogP contribution in [0.2, 0.25) is 0 Å². The van der Waals surface area contributed by atoms with Crippen LogP contribution in [0.5, 0.6) is 0 Å². The topological polar surface area (TPSA) is 114 Å². The van der Waals surface area contributed by atoms with E-state index in [0.717, 1.165) is 34.1 Å². The van der Waals surface area contributed by atoms with Crippen LogP contribution in [0.4, 0.5) is 34.1 Å². The number of nitrogens with one attached hydrogen (secondary N) is 3. The molecule has 0 bridgehead atoms. The monoisotopic (exact) mass is 605 g/mol. The lowest BCUT2D eigenvalue weighted by atomic mass is 10.3. The van der Waals surface area contributed by atoms with Gasteiger partial charge >= 0.3 is 7.82 Å². The molecule has 6 rings (SSSR count). The van der Waals surface area contributed by atoms with Crippen molar-refractivity contribution in [3.8, 4) is 0 Å². The molecule has 44 heavy (non-hydrogen) atoms. The minimum Gasteiger partial charge on any atom is -0.356 e. The van der Waals surface area contributed by atoms with Crippen LogP contribution in [-0.4, -0.2) is 14.7 Å². The van der Waals surface area contributed by atoms with Crippen molar-refractivity contribution in [2.45, 2.75) is 0 Å². The first kappa shape index (κ1) is 33.3. The van der Waals surface area contributed by atoms with Gasteiger partial charge in [-0.25, -0.2) is 4.57 Å². The van der Waals surface area contributed by atoms with Crippen LogP contribution in [-0.2, 0) is 4.57 Å². The van der Waals surface area contributed by atoms with Crippen molar-refractivity contribution in [2.75, 3.05) is 16.0 Å². The summed E-state index contributed by atoms with van der Waals surface area (Å²) >= 11 is 0. The maximum Gasteiger partial charge on any atom is 0.466 e. The van der Waals surface area contributed by atoms with Crippen molar-refractivity contribution in [3.63, 3.8) is 0 Å². The molecule has 0 heterocycles. The Morgan fingerprint density at radius 1 is 0.295 bits per heavy atom. The fourth-order valence-electron chi connectivity index (χ4n) is 3.63. The summed E-state index contributed by atoms with van der Waals surface area (Å²) in [5.41, 5.74) is 6.72. The van der Waals surface area contributed by atoms with E-state index in [1.165, 1.54) is 0 Å². The number of para-hydroxylation sites is 6. The second kappa shape index (κ2) is 19.1. The maximum absolute atomic E-state index is 8.88. The molecular formula is C36H36N3O4P. The molecule has 7 nitrogen and oxygen atoms in total.